The summed E-state index contributed by atoms with van der Waals surface area (Å²) < 4.78 is 44.2. The molecule has 41 heavy (non-hydrogen) atoms. The number of hydrogen-bond donors (Lipinski definition) is 1. The van der Waals surface area contributed by atoms with Crippen molar-refractivity contribution in [2.75, 3.05) is 51.0 Å². The number of nitrogens with two attached hydrogens (primary N) is 1. The number of benzene rings is 2. The third-order valence-corrected chi connectivity index (χ3v) is 8.67. The molecule has 1 atom stereocenters. The van der Waals surface area contributed by atoms with Gasteiger partial charge in [0.1, 0.15) is 40.9 Å². The molecule has 212 valence electrons. The van der Waals surface area contributed by atoms with E-state index in [0.717, 1.165) is 30.6 Å². The van der Waals surface area contributed by atoms with Crippen LogP contribution in [-0.4, -0.2) is 61.3 Å². The van der Waals surface area contributed by atoms with E-state index in [2.05, 4.69) is 17.1 Å². The van der Waals surface area contributed by atoms with E-state index in [9.17, 15) is 9.65 Å². The molecular formula is C29H27ClF2N6O2S. The number of fused-ring (bicyclic) bond motifs is 2. The first-order valence-electron chi connectivity index (χ1n) is 13.3. The van der Waals surface area contributed by atoms with Crippen molar-refractivity contribution in [3.63, 3.8) is 0 Å². The first-order valence-corrected chi connectivity index (χ1v) is 14.5. The fourth-order valence-electron chi connectivity index (χ4n) is 5.47. The van der Waals surface area contributed by atoms with E-state index >= 15 is 4.39 Å². The zero-order chi connectivity index (χ0) is 28.8. The lowest BCUT2D eigenvalue weighted by Gasteiger charge is -2.25. The Morgan fingerprint density at radius 2 is 2.00 bits per heavy atom. The highest BCUT2D eigenvalue weighted by Gasteiger charge is 2.32. The number of hydrogen-bond acceptors (Lipinski definition) is 9. The quantitative estimate of drug-likeness (QED) is 0.281. The summed E-state index contributed by atoms with van der Waals surface area (Å²) in [5.41, 5.74) is 6.27. The van der Waals surface area contributed by atoms with Crippen LogP contribution in [0.5, 0.6) is 11.8 Å². The summed E-state index contributed by atoms with van der Waals surface area (Å²) >= 11 is 7.85. The lowest BCUT2D eigenvalue weighted by Crippen LogP contribution is -2.32. The summed E-state index contributed by atoms with van der Waals surface area (Å²) in [6.45, 7) is 2.02. The van der Waals surface area contributed by atoms with Gasteiger partial charge in [-0.1, -0.05) is 29.8 Å². The number of halogens is 3. The fourth-order valence-corrected chi connectivity index (χ4v) is 6.75. The number of nitrogen functional groups attached to an aromatic ring is 1. The van der Waals surface area contributed by atoms with Crippen LogP contribution in [0.25, 0.3) is 32.1 Å². The standard InChI is InChI=1S/C29H27ClF2N6O2S/c1-37(2)14-15-7-5-3-4-6-10-38-11-12-39-25-21-24(35-29(40-15)36-28(21)38)23(32)20(22(25)30)16-8-9-18(31)26-19(16)17(13-33)27(34)41-26/h3-4,8-9,15H,5-7,10-12,14,34H2,1-2H3/b4-3+. The molecule has 2 bridgehead atoms. The van der Waals surface area contributed by atoms with Gasteiger partial charge in [-0.15, -0.1) is 11.3 Å². The van der Waals surface area contributed by atoms with Gasteiger partial charge in [-0.2, -0.15) is 15.2 Å². The molecule has 8 nitrogen and oxygen atoms in total. The molecule has 0 radical (unpaired) electrons. The molecule has 2 aromatic carbocycles. The molecule has 4 aromatic rings. The van der Waals surface area contributed by atoms with Gasteiger partial charge in [-0.3, -0.25) is 0 Å². The molecule has 0 spiro atoms. The summed E-state index contributed by atoms with van der Waals surface area (Å²) in [6, 6.07) is 4.71. The predicted octanol–water partition coefficient (Wildman–Crippen LogP) is 6.14. The van der Waals surface area contributed by atoms with Crippen molar-refractivity contribution in [1.29, 1.82) is 5.26 Å². The van der Waals surface area contributed by atoms with Crippen molar-refractivity contribution < 1.29 is 18.3 Å². The zero-order valence-electron chi connectivity index (χ0n) is 22.5. The fraction of sp³-hybridized carbons (Fsp3) is 0.345. The van der Waals surface area contributed by atoms with Gasteiger partial charge in [0.05, 0.1) is 27.2 Å². The molecule has 6 rings (SSSR count). The minimum Gasteiger partial charge on any atom is -0.489 e. The monoisotopic (exact) mass is 596 g/mol. The van der Waals surface area contributed by atoms with E-state index in [1.165, 1.54) is 12.1 Å². The Balaban J connectivity index is 1.65. The summed E-state index contributed by atoms with van der Waals surface area (Å²) in [5, 5.41) is 10.5. The molecule has 0 amide bonds. The topological polar surface area (TPSA) is 101 Å². The number of nitriles is 1. The molecule has 2 aliphatic heterocycles. The van der Waals surface area contributed by atoms with Crippen LogP contribution >= 0.6 is 22.9 Å². The minimum atomic E-state index is -0.745. The molecule has 0 fully saturated rings. The van der Waals surface area contributed by atoms with Crippen LogP contribution in [0.1, 0.15) is 24.8 Å². The van der Waals surface area contributed by atoms with Crippen molar-refractivity contribution >= 4 is 54.7 Å². The van der Waals surface area contributed by atoms with Crippen LogP contribution in [0.3, 0.4) is 0 Å². The minimum absolute atomic E-state index is 0.0107. The Kier molecular flexibility index (Phi) is 7.32. The number of anilines is 2. The molecule has 0 saturated carbocycles. The van der Waals surface area contributed by atoms with E-state index in [0.29, 0.717) is 30.8 Å². The Hall–Kier alpha value is -3.72. The molecule has 2 aromatic heterocycles. The van der Waals surface area contributed by atoms with E-state index < -0.39 is 11.6 Å². The summed E-state index contributed by atoms with van der Waals surface area (Å²) in [4.78, 5) is 13.4. The maximum absolute atomic E-state index is 16.8. The van der Waals surface area contributed by atoms with Gasteiger partial charge in [0.25, 0.3) is 0 Å². The van der Waals surface area contributed by atoms with Gasteiger partial charge in [0, 0.05) is 24.0 Å². The number of allylic oxidation sites excluding steroid dienone is 1. The second-order valence-corrected chi connectivity index (χ2v) is 11.7. The van der Waals surface area contributed by atoms with Crippen molar-refractivity contribution in [2.24, 2.45) is 0 Å². The van der Waals surface area contributed by atoms with Crippen molar-refractivity contribution in [3.05, 3.63) is 46.5 Å². The smallest absolute Gasteiger partial charge is 0.319 e. The second kappa shape index (κ2) is 10.9. The van der Waals surface area contributed by atoms with Gasteiger partial charge < -0.3 is 25.0 Å². The van der Waals surface area contributed by atoms with Crippen LogP contribution in [0, 0.1) is 23.0 Å². The van der Waals surface area contributed by atoms with Crippen LogP contribution in [-0.2, 0) is 0 Å². The zero-order valence-corrected chi connectivity index (χ0v) is 24.1. The van der Waals surface area contributed by atoms with Crippen molar-refractivity contribution in [3.8, 4) is 29.0 Å². The summed E-state index contributed by atoms with van der Waals surface area (Å²) in [5.74, 6) is -0.601. The van der Waals surface area contributed by atoms with Crippen LogP contribution in [0.4, 0.5) is 19.6 Å². The van der Waals surface area contributed by atoms with Crippen molar-refractivity contribution in [1.82, 2.24) is 14.9 Å². The van der Waals surface area contributed by atoms with Gasteiger partial charge in [0.15, 0.2) is 11.6 Å². The molecule has 1 unspecified atom stereocenters. The van der Waals surface area contributed by atoms with E-state index in [4.69, 9.17) is 31.8 Å². The highest BCUT2D eigenvalue weighted by atomic mass is 35.5. The summed E-state index contributed by atoms with van der Waals surface area (Å²) in [6.07, 6.45) is 6.39. The normalized spacial score (nSPS) is 18.0. The first kappa shape index (κ1) is 27.4. The Morgan fingerprint density at radius 3 is 2.78 bits per heavy atom. The van der Waals surface area contributed by atoms with Crippen LogP contribution in [0.15, 0.2) is 24.3 Å². The highest BCUT2D eigenvalue weighted by molar-refractivity contribution is 7.23. The molecule has 0 aliphatic carbocycles. The molecule has 4 heterocycles. The maximum Gasteiger partial charge on any atom is 0.319 e. The maximum atomic E-state index is 16.8. The number of likely N-dealkylation sites (N-methyl/N-ethyl adjacent to an activating group) is 1. The number of thiophene rings is 1. The van der Waals surface area contributed by atoms with E-state index in [1.54, 1.807) is 0 Å². The van der Waals surface area contributed by atoms with Crippen LogP contribution in [0.2, 0.25) is 5.02 Å². The largest absolute Gasteiger partial charge is 0.489 e. The highest BCUT2D eigenvalue weighted by Crippen LogP contribution is 2.50. The number of rotatable bonds is 3. The van der Waals surface area contributed by atoms with Crippen molar-refractivity contribution in [2.45, 2.75) is 25.4 Å². The molecule has 0 saturated heterocycles. The molecule has 2 aliphatic rings. The predicted molar refractivity (Wildman–Crippen MR) is 158 cm³/mol. The Morgan fingerprint density at radius 1 is 1.20 bits per heavy atom. The van der Waals surface area contributed by atoms with E-state index in [-0.39, 0.29) is 66.8 Å². The Labute approximate surface area is 244 Å². The third kappa shape index (κ3) is 4.80. The number of aromatic nitrogens is 2. The molecule has 2 N–H and O–H groups in total. The van der Waals surface area contributed by atoms with Gasteiger partial charge in [0.2, 0.25) is 0 Å². The summed E-state index contributed by atoms with van der Waals surface area (Å²) in [7, 11) is 3.92. The average Bonchev–Trinajstić information content (AvgIpc) is 3.16. The number of nitrogens with zero attached hydrogens (tertiary/aromatic N) is 5. The molecular weight excluding hydrogens is 570 g/mol. The Bertz CT molecular complexity index is 1750. The lowest BCUT2D eigenvalue weighted by molar-refractivity contribution is 0.140. The first-order chi connectivity index (χ1) is 19.8. The van der Waals surface area contributed by atoms with Gasteiger partial charge >= 0.3 is 6.01 Å². The van der Waals surface area contributed by atoms with Crippen LogP contribution < -0.4 is 20.1 Å². The number of ether oxygens (including phenoxy) is 2. The van der Waals surface area contributed by atoms with E-state index in [1.807, 2.05) is 30.0 Å². The molecule has 12 heteroatoms. The lowest BCUT2D eigenvalue weighted by atomic mass is 9.96. The second-order valence-electron chi connectivity index (χ2n) is 10.3. The average molecular weight is 597 g/mol. The van der Waals surface area contributed by atoms with Gasteiger partial charge in [-0.05, 0) is 45.0 Å². The third-order valence-electron chi connectivity index (χ3n) is 7.28. The SMILES string of the molecule is CN(C)CC1CC/C=C/CCN2CCOc3c(Cl)c(-c4ccc(F)c5sc(N)c(C#N)c45)c(F)c4nc(nc2c34)O1. The van der Waals surface area contributed by atoms with Gasteiger partial charge in [-0.25, -0.2) is 8.78 Å².